The molecule has 0 amide bonds. The fourth-order valence-electron chi connectivity index (χ4n) is 4.09. The zero-order chi connectivity index (χ0) is 19.6. The first kappa shape index (κ1) is 19.0. The summed E-state index contributed by atoms with van der Waals surface area (Å²) < 4.78 is 5.97. The smallest absolute Gasteiger partial charge is 0.119 e. The third kappa shape index (κ3) is 4.23. The van der Waals surface area contributed by atoms with Gasteiger partial charge >= 0.3 is 0 Å². The highest BCUT2D eigenvalue weighted by Gasteiger charge is 2.31. The first-order chi connectivity index (χ1) is 13.5. The number of rotatable bonds is 5. The molecule has 0 radical (unpaired) electrons. The van der Waals surface area contributed by atoms with Crippen LogP contribution in [0, 0.1) is 13.8 Å². The van der Waals surface area contributed by atoms with Crippen molar-refractivity contribution in [3.05, 3.63) is 65.4 Å². The van der Waals surface area contributed by atoms with E-state index >= 15 is 0 Å². The molecule has 1 saturated heterocycles. The third-order valence-electron chi connectivity index (χ3n) is 6.07. The van der Waals surface area contributed by atoms with Crippen LogP contribution >= 0.6 is 0 Å². The molecule has 1 aromatic heterocycles. The molecule has 1 unspecified atom stereocenters. The van der Waals surface area contributed by atoms with Crippen LogP contribution in [-0.4, -0.2) is 40.3 Å². The molecule has 4 nitrogen and oxygen atoms in total. The van der Waals surface area contributed by atoms with Gasteiger partial charge in [-0.15, -0.1) is 0 Å². The van der Waals surface area contributed by atoms with Crippen molar-refractivity contribution in [3.63, 3.8) is 0 Å². The molecule has 1 aliphatic rings. The lowest BCUT2D eigenvalue weighted by Gasteiger charge is -2.27. The number of hydrogen-bond acceptors (Lipinski definition) is 3. The van der Waals surface area contributed by atoms with Crippen molar-refractivity contribution < 1.29 is 9.84 Å². The van der Waals surface area contributed by atoms with E-state index in [1.165, 1.54) is 27.6 Å². The lowest BCUT2D eigenvalue weighted by molar-refractivity contribution is -0.0168. The average molecular weight is 379 g/mol. The summed E-state index contributed by atoms with van der Waals surface area (Å²) in [6.45, 7) is 7.35. The van der Waals surface area contributed by atoms with Gasteiger partial charge in [0.25, 0.3) is 0 Å². The molecule has 3 aromatic rings. The van der Waals surface area contributed by atoms with Crippen LogP contribution in [0.25, 0.3) is 10.9 Å². The second-order valence-corrected chi connectivity index (χ2v) is 8.24. The maximum absolute atomic E-state index is 11.1. The molecule has 1 atom stereocenters. The van der Waals surface area contributed by atoms with E-state index in [0.29, 0.717) is 6.61 Å². The third-order valence-corrected chi connectivity index (χ3v) is 6.07. The van der Waals surface area contributed by atoms with E-state index in [0.717, 1.165) is 44.6 Å². The average Bonchev–Trinajstić information content (AvgIpc) is 3.09. The number of ether oxygens (including phenoxy) is 1. The Labute approximate surface area is 167 Å². The van der Waals surface area contributed by atoms with Crippen LogP contribution < -0.4 is 4.74 Å². The van der Waals surface area contributed by atoms with E-state index in [9.17, 15) is 5.11 Å². The Morgan fingerprint density at radius 1 is 1.07 bits per heavy atom. The number of aromatic nitrogens is 1. The largest absolute Gasteiger partial charge is 0.491 e. The summed E-state index contributed by atoms with van der Waals surface area (Å²) in [5.41, 5.74) is 4.25. The molecule has 0 spiro atoms. The Hall–Kier alpha value is -2.30. The maximum atomic E-state index is 11.1. The Morgan fingerprint density at radius 3 is 2.82 bits per heavy atom. The van der Waals surface area contributed by atoms with Gasteiger partial charge < -0.3 is 14.8 Å². The highest BCUT2D eigenvalue weighted by atomic mass is 16.5. The number of H-pyrrole nitrogens is 1. The lowest BCUT2D eigenvalue weighted by Crippen LogP contribution is -2.37. The molecule has 28 heavy (non-hydrogen) atoms. The van der Waals surface area contributed by atoms with E-state index in [1.54, 1.807) is 0 Å². The standard InChI is InChI=1S/C24H30N2O2/c1-18-7-8-21(15-19(18)2)28-17-24(27)10-4-13-26(14-11-24)16-20-5-3-6-23-22(20)9-12-25-23/h3,5-9,12,15,25,27H,4,10-11,13-14,16-17H2,1-2H3. The van der Waals surface area contributed by atoms with Crippen LogP contribution in [0.1, 0.15) is 36.0 Å². The summed E-state index contributed by atoms with van der Waals surface area (Å²) >= 11 is 0. The topological polar surface area (TPSA) is 48.5 Å². The number of aromatic amines is 1. The fraction of sp³-hybridized carbons (Fsp3) is 0.417. The number of fused-ring (bicyclic) bond motifs is 1. The molecule has 0 aliphatic carbocycles. The normalized spacial score (nSPS) is 21.0. The molecule has 2 aromatic carbocycles. The SMILES string of the molecule is Cc1ccc(OCC2(O)CCCN(Cc3cccc4[nH]ccc34)CC2)cc1C. The van der Waals surface area contributed by atoms with Gasteiger partial charge in [0.1, 0.15) is 12.4 Å². The van der Waals surface area contributed by atoms with Crippen LogP contribution in [-0.2, 0) is 6.54 Å². The highest BCUT2D eigenvalue weighted by molar-refractivity contribution is 5.82. The number of benzene rings is 2. The Morgan fingerprint density at radius 2 is 1.96 bits per heavy atom. The fourth-order valence-corrected chi connectivity index (χ4v) is 4.09. The Bertz CT molecular complexity index is 949. The number of nitrogens with zero attached hydrogens (tertiary/aromatic N) is 1. The molecule has 2 heterocycles. The van der Waals surface area contributed by atoms with Crippen molar-refractivity contribution in [3.8, 4) is 5.75 Å². The summed E-state index contributed by atoms with van der Waals surface area (Å²) in [6.07, 6.45) is 4.50. The zero-order valence-corrected chi connectivity index (χ0v) is 16.9. The number of aryl methyl sites for hydroxylation is 2. The van der Waals surface area contributed by atoms with Gasteiger partial charge in [-0.1, -0.05) is 18.2 Å². The minimum absolute atomic E-state index is 0.358. The van der Waals surface area contributed by atoms with Crippen LogP contribution in [0.2, 0.25) is 0 Å². The van der Waals surface area contributed by atoms with Gasteiger partial charge in [-0.3, -0.25) is 4.90 Å². The molecule has 0 saturated carbocycles. The minimum Gasteiger partial charge on any atom is -0.491 e. The number of hydrogen-bond donors (Lipinski definition) is 2. The van der Waals surface area contributed by atoms with E-state index in [2.05, 4.69) is 60.1 Å². The van der Waals surface area contributed by atoms with E-state index in [1.807, 2.05) is 12.3 Å². The molecule has 0 bridgehead atoms. The van der Waals surface area contributed by atoms with Crippen molar-refractivity contribution in [2.45, 2.75) is 45.3 Å². The Kier molecular flexibility index (Phi) is 5.42. The molecule has 1 fully saturated rings. The first-order valence-corrected chi connectivity index (χ1v) is 10.2. The predicted octanol–water partition coefficient (Wildman–Crippen LogP) is 4.58. The molecule has 4 rings (SSSR count). The molecular formula is C24H30N2O2. The molecule has 1 aliphatic heterocycles. The first-order valence-electron chi connectivity index (χ1n) is 10.2. The number of likely N-dealkylation sites (tertiary alicyclic amines) is 1. The quantitative estimate of drug-likeness (QED) is 0.683. The summed E-state index contributed by atoms with van der Waals surface area (Å²) in [7, 11) is 0. The van der Waals surface area contributed by atoms with Gasteiger partial charge in [-0.05, 0) is 80.6 Å². The van der Waals surface area contributed by atoms with Gasteiger partial charge in [0.2, 0.25) is 0 Å². The van der Waals surface area contributed by atoms with Gasteiger partial charge in [0.05, 0.1) is 5.60 Å². The summed E-state index contributed by atoms with van der Waals surface area (Å²) in [6, 6.07) is 14.7. The van der Waals surface area contributed by atoms with Gasteiger partial charge in [0, 0.05) is 30.2 Å². The molecular weight excluding hydrogens is 348 g/mol. The van der Waals surface area contributed by atoms with Crippen molar-refractivity contribution >= 4 is 10.9 Å². The maximum Gasteiger partial charge on any atom is 0.119 e. The van der Waals surface area contributed by atoms with Crippen LogP contribution in [0.15, 0.2) is 48.7 Å². The summed E-state index contributed by atoms with van der Waals surface area (Å²) in [5, 5.41) is 12.4. The van der Waals surface area contributed by atoms with Gasteiger partial charge in [-0.2, -0.15) is 0 Å². The second kappa shape index (κ2) is 7.98. The van der Waals surface area contributed by atoms with Crippen molar-refractivity contribution in [2.75, 3.05) is 19.7 Å². The monoisotopic (exact) mass is 378 g/mol. The van der Waals surface area contributed by atoms with Crippen molar-refractivity contribution in [1.29, 1.82) is 0 Å². The van der Waals surface area contributed by atoms with Gasteiger partial charge in [0.15, 0.2) is 0 Å². The van der Waals surface area contributed by atoms with E-state index < -0.39 is 5.60 Å². The van der Waals surface area contributed by atoms with Crippen LogP contribution in [0.3, 0.4) is 0 Å². The molecule has 148 valence electrons. The minimum atomic E-state index is -0.756. The lowest BCUT2D eigenvalue weighted by atomic mass is 9.96. The molecule has 4 heteroatoms. The highest BCUT2D eigenvalue weighted by Crippen LogP contribution is 2.27. The van der Waals surface area contributed by atoms with Crippen molar-refractivity contribution in [1.82, 2.24) is 9.88 Å². The van der Waals surface area contributed by atoms with E-state index in [4.69, 9.17) is 4.74 Å². The Balaban J connectivity index is 1.37. The second-order valence-electron chi connectivity index (χ2n) is 8.24. The van der Waals surface area contributed by atoms with Crippen molar-refractivity contribution in [2.24, 2.45) is 0 Å². The predicted molar refractivity (Wildman–Crippen MR) is 114 cm³/mol. The zero-order valence-electron chi connectivity index (χ0n) is 16.9. The summed E-state index contributed by atoms with van der Waals surface area (Å²) in [4.78, 5) is 5.74. The number of nitrogens with one attached hydrogen (secondary N) is 1. The van der Waals surface area contributed by atoms with Crippen LogP contribution in [0.5, 0.6) is 5.75 Å². The van der Waals surface area contributed by atoms with Crippen LogP contribution in [0.4, 0.5) is 0 Å². The number of aliphatic hydroxyl groups is 1. The molecule has 2 N–H and O–H groups in total. The van der Waals surface area contributed by atoms with E-state index in [-0.39, 0.29) is 0 Å². The van der Waals surface area contributed by atoms with Gasteiger partial charge in [-0.25, -0.2) is 0 Å². The summed E-state index contributed by atoms with van der Waals surface area (Å²) in [5.74, 6) is 0.844.